The molecule has 4 aliphatic rings. The van der Waals surface area contributed by atoms with Crippen molar-refractivity contribution < 1.29 is 14.3 Å². The molecule has 3 aliphatic carbocycles. The lowest BCUT2D eigenvalue weighted by Gasteiger charge is -2.20. The van der Waals surface area contributed by atoms with Gasteiger partial charge in [0.15, 0.2) is 11.5 Å². The number of imidazole rings is 1. The topological polar surface area (TPSA) is 128 Å². The van der Waals surface area contributed by atoms with E-state index in [1.54, 1.807) is 12.3 Å². The number of aryl methyl sites for hydroxylation is 1. The smallest absolute Gasteiger partial charge is 0.230 e. The highest BCUT2D eigenvalue weighted by atomic mass is 16.5. The van der Waals surface area contributed by atoms with Gasteiger partial charge in [0.1, 0.15) is 18.2 Å². The molecule has 4 unspecified atom stereocenters. The van der Waals surface area contributed by atoms with Gasteiger partial charge in [0.05, 0.1) is 17.6 Å². The average molecular weight is 537 g/mol. The molecule has 4 atom stereocenters. The predicted octanol–water partition coefficient (Wildman–Crippen LogP) is 3.40. The Kier molecular flexibility index (Phi) is 5.17. The molecule has 4 fully saturated rings. The van der Waals surface area contributed by atoms with E-state index in [4.69, 9.17) is 9.72 Å². The lowest BCUT2D eigenvalue weighted by Crippen LogP contribution is -2.28. The molecule has 4 aromatic heterocycles. The molecule has 1 aliphatic heterocycles. The number of fused-ring (bicyclic) bond motifs is 2. The van der Waals surface area contributed by atoms with Gasteiger partial charge in [-0.1, -0.05) is 0 Å². The van der Waals surface area contributed by atoms with Crippen LogP contribution in [0.5, 0.6) is 5.75 Å². The largest absolute Gasteiger partial charge is 0.485 e. The van der Waals surface area contributed by atoms with Crippen molar-refractivity contribution in [1.29, 1.82) is 0 Å². The van der Waals surface area contributed by atoms with E-state index in [9.17, 15) is 9.59 Å². The van der Waals surface area contributed by atoms with Gasteiger partial charge in [-0.25, -0.2) is 15.0 Å². The molecule has 0 spiro atoms. The minimum Gasteiger partial charge on any atom is -0.485 e. The number of amides is 2. The normalized spacial score (nSPS) is 24.7. The first-order valence-electron chi connectivity index (χ1n) is 13.9. The minimum atomic E-state index is -0.186. The Morgan fingerprint density at radius 1 is 1.15 bits per heavy atom. The molecule has 11 nitrogen and oxygen atoms in total. The van der Waals surface area contributed by atoms with Gasteiger partial charge >= 0.3 is 0 Å². The molecule has 202 valence electrons. The number of pyridine rings is 1. The Bertz CT molecular complexity index is 1680. The van der Waals surface area contributed by atoms with Gasteiger partial charge in [-0.05, 0) is 62.1 Å². The number of ether oxygens (including phenoxy) is 1. The lowest BCUT2D eigenvalue weighted by atomic mass is 10.1. The number of carbonyl (C=O) groups is 2. The quantitative estimate of drug-likeness (QED) is 0.363. The second-order valence-corrected chi connectivity index (χ2v) is 11.5. The molecule has 1 N–H and O–H groups in total. The van der Waals surface area contributed by atoms with Crippen molar-refractivity contribution in [3.8, 4) is 5.75 Å². The van der Waals surface area contributed by atoms with Crippen LogP contribution < -0.4 is 15.0 Å². The van der Waals surface area contributed by atoms with Gasteiger partial charge in [-0.15, -0.1) is 5.10 Å². The fourth-order valence-electron chi connectivity index (χ4n) is 5.84. The summed E-state index contributed by atoms with van der Waals surface area (Å²) in [6, 6.07) is 5.66. The van der Waals surface area contributed by atoms with Crippen LogP contribution in [0.1, 0.15) is 60.3 Å². The van der Waals surface area contributed by atoms with Crippen molar-refractivity contribution in [2.45, 2.75) is 51.0 Å². The van der Waals surface area contributed by atoms with Gasteiger partial charge in [-0.2, -0.15) is 5.10 Å². The van der Waals surface area contributed by atoms with Crippen molar-refractivity contribution in [2.75, 3.05) is 16.8 Å². The van der Waals surface area contributed by atoms with Crippen LogP contribution in [0.2, 0.25) is 0 Å². The van der Waals surface area contributed by atoms with E-state index in [1.807, 2.05) is 28.5 Å². The van der Waals surface area contributed by atoms with Gasteiger partial charge in [0.25, 0.3) is 0 Å². The van der Waals surface area contributed by atoms with Crippen LogP contribution in [-0.4, -0.2) is 47.9 Å². The summed E-state index contributed by atoms with van der Waals surface area (Å²) >= 11 is 0. The molecule has 5 heterocycles. The summed E-state index contributed by atoms with van der Waals surface area (Å²) in [4.78, 5) is 41.2. The third-order valence-corrected chi connectivity index (χ3v) is 8.40. The molecular weight excluding hydrogens is 508 g/mol. The number of nitrogens with one attached hydrogen (secondary N) is 1. The molecule has 1 saturated heterocycles. The number of nitrogens with zero attached hydrogens (tertiary/aromatic N) is 7. The molecule has 4 aromatic rings. The third kappa shape index (κ3) is 4.25. The highest BCUT2D eigenvalue weighted by Gasteiger charge is 2.53. The van der Waals surface area contributed by atoms with Gasteiger partial charge < -0.3 is 19.4 Å². The highest BCUT2D eigenvalue weighted by Crippen LogP contribution is 2.49. The number of aromatic nitrogens is 6. The van der Waals surface area contributed by atoms with E-state index in [0.717, 1.165) is 35.7 Å². The van der Waals surface area contributed by atoms with Crippen LogP contribution in [-0.2, 0) is 16.2 Å². The predicted molar refractivity (Wildman–Crippen MR) is 144 cm³/mol. The van der Waals surface area contributed by atoms with E-state index in [0.29, 0.717) is 35.6 Å². The fourth-order valence-corrected chi connectivity index (χ4v) is 5.84. The SMILES string of the molecule is Cc1ccnc(C2CC2C(=O)Nc2cc(OCc3cn4cc(C5CC5)cc(N5CC6CC6C5=O)c4n3)cnn2)n1. The van der Waals surface area contributed by atoms with Crippen LogP contribution in [0, 0.1) is 24.7 Å². The zero-order chi connectivity index (χ0) is 27.0. The van der Waals surface area contributed by atoms with Gasteiger partial charge in [-0.3, -0.25) is 9.59 Å². The van der Waals surface area contributed by atoms with E-state index >= 15 is 0 Å². The summed E-state index contributed by atoms with van der Waals surface area (Å²) in [5.74, 6) is 2.68. The molecule has 3 saturated carbocycles. The zero-order valence-electron chi connectivity index (χ0n) is 22.0. The molecule has 0 aromatic carbocycles. The monoisotopic (exact) mass is 536 g/mol. The lowest BCUT2D eigenvalue weighted by molar-refractivity contribution is -0.119. The molecule has 11 heteroatoms. The van der Waals surface area contributed by atoms with Crippen molar-refractivity contribution in [3.63, 3.8) is 0 Å². The standard InChI is InChI=1S/C29H28N8O3/c1-15-4-5-30-26(32-15)22-9-23(22)28(38)34-25-8-20(10-31-35-25)40-14-19-13-36-11-17(16-2-3-16)7-24(27(36)33-19)37-12-18-6-21(18)29(37)39/h4-5,7-8,10-11,13,16,18,21-23H,2-3,6,9,12,14H2,1H3,(H,34,35,38). The number of anilines is 2. The second kappa shape index (κ2) is 8.80. The highest BCUT2D eigenvalue weighted by molar-refractivity contribution is 6.02. The maximum Gasteiger partial charge on any atom is 0.230 e. The van der Waals surface area contributed by atoms with E-state index < -0.39 is 0 Å². The van der Waals surface area contributed by atoms with E-state index in [2.05, 4.69) is 37.7 Å². The summed E-state index contributed by atoms with van der Waals surface area (Å²) in [5.41, 5.74) is 4.56. The average Bonchev–Trinajstić information content (AvgIpc) is 3.85. The van der Waals surface area contributed by atoms with Crippen LogP contribution >= 0.6 is 0 Å². The first kappa shape index (κ1) is 23.5. The van der Waals surface area contributed by atoms with Crippen LogP contribution in [0.15, 0.2) is 43.0 Å². The Morgan fingerprint density at radius 2 is 2.05 bits per heavy atom. The van der Waals surface area contributed by atoms with E-state index in [-0.39, 0.29) is 36.2 Å². The summed E-state index contributed by atoms with van der Waals surface area (Å²) in [5, 5.41) is 10.9. The molecule has 8 rings (SSSR count). The number of piperidine rings is 1. The first-order valence-corrected chi connectivity index (χ1v) is 13.9. The summed E-state index contributed by atoms with van der Waals surface area (Å²) < 4.78 is 8.02. The Labute approximate surface area is 230 Å². The van der Waals surface area contributed by atoms with Crippen LogP contribution in [0.4, 0.5) is 11.5 Å². The summed E-state index contributed by atoms with van der Waals surface area (Å²) in [7, 11) is 0. The van der Waals surface area contributed by atoms with Gasteiger partial charge in [0, 0.05) is 54.6 Å². The molecular formula is C29H28N8O3. The van der Waals surface area contributed by atoms with Crippen molar-refractivity contribution >= 4 is 29.0 Å². The van der Waals surface area contributed by atoms with Crippen molar-refractivity contribution in [1.82, 2.24) is 29.5 Å². The number of rotatable bonds is 8. The van der Waals surface area contributed by atoms with Crippen molar-refractivity contribution in [3.05, 3.63) is 65.8 Å². The molecule has 0 radical (unpaired) electrons. The maximum atomic E-state index is 12.9. The Balaban J connectivity index is 0.962. The minimum absolute atomic E-state index is 0.0225. The Hall–Kier alpha value is -4.41. The zero-order valence-corrected chi connectivity index (χ0v) is 22.0. The number of carbonyl (C=O) groups excluding carboxylic acids is 2. The fraction of sp³-hybridized carbons (Fsp3) is 0.414. The molecule has 40 heavy (non-hydrogen) atoms. The third-order valence-electron chi connectivity index (χ3n) is 8.40. The number of hydrogen-bond donors (Lipinski definition) is 1. The van der Waals surface area contributed by atoms with E-state index in [1.165, 1.54) is 24.6 Å². The van der Waals surface area contributed by atoms with Crippen LogP contribution in [0.3, 0.4) is 0 Å². The van der Waals surface area contributed by atoms with Crippen molar-refractivity contribution in [2.24, 2.45) is 17.8 Å². The van der Waals surface area contributed by atoms with Gasteiger partial charge in [0.2, 0.25) is 11.8 Å². The first-order chi connectivity index (χ1) is 19.5. The molecule has 0 bridgehead atoms. The Morgan fingerprint density at radius 3 is 2.85 bits per heavy atom. The molecule has 2 amide bonds. The van der Waals surface area contributed by atoms with Crippen LogP contribution in [0.25, 0.3) is 5.65 Å². The summed E-state index contributed by atoms with van der Waals surface area (Å²) in [6.07, 6.45) is 11.4. The summed E-state index contributed by atoms with van der Waals surface area (Å²) in [6.45, 7) is 2.91. The maximum absolute atomic E-state index is 12.9. The number of hydrogen-bond acceptors (Lipinski definition) is 8. The second-order valence-electron chi connectivity index (χ2n) is 11.5.